The molecule has 1 saturated heterocycles. The molecular formula is C24H25N7O3. The summed E-state index contributed by atoms with van der Waals surface area (Å²) in [5.74, 6) is 0.269. The van der Waals surface area contributed by atoms with Crippen LogP contribution < -0.4 is 9.63 Å². The van der Waals surface area contributed by atoms with Gasteiger partial charge in [0.15, 0.2) is 5.78 Å². The van der Waals surface area contributed by atoms with Crippen LogP contribution in [0.2, 0.25) is 0 Å². The number of nitrogens with zero attached hydrogens (tertiary/aromatic N) is 7. The predicted molar refractivity (Wildman–Crippen MR) is 127 cm³/mol. The van der Waals surface area contributed by atoms with Crippen LogP contribution in [-0.4, -0.2) is 63.6 Å². The fourth-order valence-electron chi connectivity index (χ4n) is 4.19. The summed E-state index contributed by atoms with van der Waals surface area (Å²) in [5, 5.41) is 34.5. The number of carbonyl (C=O) groups excluding carboxylic acids is 1. The van der Waals surface area contributed by atoms with Crippen LogP contribution in [0.1, 0.15) is 16.1 Å². The van der Waals surface area contributed by atoms with Crippen molar-refractivity contribution in [2.75, 3.05) is 38.1 Å². The van der Waals surface area contributed by atoms with Crippen LogP contribution in [0.3, 0.4) is 0 Å². The summed E-state index contributed by atoms with van der Waals surface area (Å²) in [6.45, 7) is 1.74. The number of ketones is 1. The first-order chi connectivity index (χ1) is 16.3. The van der Waals surface area contributed by atoms with Crippen molar-refractivity contribution in [2.24, 2.45) is 7.05 Å². The van der Waals surface area contributed by atoms with E-state index in [0.717, 1.165) is 26.8 Å². The van der Waals surface area contributed by atoms with Gasteiger partial charge in [0.05, 0.1) is 25.9 Å². The number of carbonyl (C=O) groups is 1. The summed E-state index contributed by atoms with van der Waals surface area (Å²) in [5.41, 5.74) is 2.80. The first-order valence-corrected chi connectivity index (χ1v) is 11.1. The highest BCUT2D eigenvalue weighted by Gasteiger charge is 2.28. The van der Waals surface area contributed by atoms with Crippen LogP contribution in [0.4, 0.5) is 5.82 Å². The number of fused-ring (bicyclic) bond motifs is 1. The molecule has 0 atom stereocenters. The molecule has 1 aliphatic rings. The maximum absolute atomic E-state index is 13.0. The molecule has 0 aliphatic carbocycles. The van der Waals surface area contributed by atoms with Crippen molar-refractivity contribution >= 4 is 22.4 Å². The molecule has 0 N–H and O–H groups in total. The molecule has 0 spiro atoms. The number of piperazine rings is 1. The molecule has 34 heavy (non-hydrogen) atoms. The van der Waals surface area contributed by atoms with Gasteiger partial charge in [-0.3, -0.25) is 14.5 Å². The fourth-order valence-corrected chi connectivity index (χ4v) is 4.19. The molecule has 1 aromatic carbocycles. The number of anilines is 1. The second-order valence-corrected chi connectivity index (χ2v) is 8.95. The van der Waals surface area contributed by atoms with Crippen LogP contribution >= 0.6 is 0 Å². The van der Waals surface area contributed by atoms with Gasteiger partial charge in [-0.05, 0) is 23.6 Å². The number of pyridine rings is 2. The van der Waals surface area contributed by atoms with E-state index in [2.05, 4.69) is 15.3 Å². The molecule has 10 heteroatoms. The molecule has 174 valence electrons. The van der Waals surface area contributed by atoms with Gasteiger partial charge in [0.2, 0.25) is 0 Å². The molecular weight excluding hydrogens is 434 g/mol. The zero-order valence-corrected chi connectivity index (χ0v) is 19.1. The number of hydrogen-bond donors (Lipinski definition) is 0. The van der Waals surface area contributed by atoms with E-state index in [1.165, 1.54) is 12.3 Å². The largest absolute Gasteiger partial charge is 0.711 e. The van der Waals surface area contributed by atoms with Gasteiger partial charge in [0.25, 0.3) is 5.82 Å². The Morgan fingerprint density at radius 3 is 2.68 bits per heavy atom. The highest BCUT2D eigenvalue weighted by atomic mass is 16.5. The summed E-state index contributed by atoms with van der Waals surface area (Å²) < 4.78 is 2.08. The quantitative estimate of drug-likeness (QED) is 0.194. The monoisotopic (exact) mass is 459 g/mol. The number of aryl methyl sites for hydroxylation is 1. The highest BCUT2D eigenvalue weighted by molar-refractivity contribution is 5.98. The number of hydrogen-bond acceptors (Lipinski definition) is 7. The minimum absolute atomic E-state index is 0.114. The number of rotatable bonds is 5. The van der Waals surface area contributed by atoms with Crippen LogP contribution in [0.5, 0.6) is 0 Å². The Labute approximate surface area is 196 Å². The molecule has 1 fully saturated rings. The van der Waals surface area contributed by atoms with E-state index < -0.39 is 0 Å². The molecule has 0 saturated carbocycles. The van der Waals surface area contributed by atoms with E-state index in [-0.39, 0.29) is 16.9 Å². The standard InChI is InChI=1S/C24H25N7O3/c1-28-16-22(26-27-28)17-3-4-19-15-25-21(12-20(19)11-17)14-23(32)18-5-6-30(33)24(13-18)29-7-9-31(2,34)10-8-29/h3-6,11-13,15-16H,7-10,14H2,1-2H3. The maximum Gasteiger partial charge on any atom is 0.280 e. The van der Waals surface area contributed by atoms with Gasteiger partial charge in [-0.1, -0.05) is 17.3 Å². The third-order valence-corrected chi connectivity index (χ3v) is 6.25. The van der Waals surface area contributed by atoms with Crippen molar-refractivity contribution in [2.45, 2.75) is 6.42 Å². The van der Waals surface area contributed by atoms with Gasteiger partial charge >= 0.3 is 0 Å². The smallest absolute Gasteiger partial charge is 0.280 e. The molecule has 0 amide bonds. The fraction of sp³-hybridized carbons (Fsp3) is 0.292. The topological polar surface area (TPSA) is 114 Å². The van der Waals surface area contributed by atoms with E-state index in [1.54, 1.807) is 24.0 Å². The summed E-state index contributed by atoms with van der Waals surface area (Å²) in [6, 6.07) is 11.0. The zero-order chi connectivity index (χ0) is 23.9. The predicted octanol–water partition coefficient (Wildman–Crippen LogP) is 1.85. The maximum atomic E-state index is 13.0. The van der Waals surface area contributed by atoms with E-state index in [4.69, 9.17) is 0 Å². The molecule has 0 radical (unpaired) electrons. The Kier molecular flexibility index (Phi) is 5.46. The van der Waals surface area contributed by atoms with Gasteiger partial charge in [0.1, 0.15) is 31.9 Å². The van der Waals surface area contributed by atoms with Crippen LogP contribution in [-0.2, 0) is 13.5 Å². The summed E-state index contributed by atoms with van der Waals surface area (Å²) in [6.07, 6.45) is 5.07. The molecule has 4 aromatic rings. The lowest BCUT2D eigenvalue weighted by Crippen LogP contribution is -2.55. The van der Waals surface area contributed by atoms with Crippen LogP contribution in [0, 0.1) is 10.4 Å². The molecule has 3 aromatic heterocycles. The van der Waals surface area contributed by atoms with Crippen molar-refractivity contribution in [3.8, 4) is 11.3 Å². The highest BCUT2D eigenvalue weighted by Crippen LogP contribution is 2.23. The van der Waals surface area contributed by atoms with E-state index in [0.29, 0.717) is 43.3 Å². The van der Waals surface area contributed by atoms with Crippen molar-refractivity contribution in [1.29, 1.82) is 0 Å². The minimum atomic E-state index is -0.319. The Balaban J connectivity index is 1.37. The number of hydroxylamine groups is 3. The van der Waals surface area contributed by atoms with Gasteiger partial charge in [-0.2, -0.15) is 0 Å². The van der Waals surface area contributed by atoms with Gasteiger partial charge < -0.3 is 15.1 Å². The van der Waals surface area contributed by atoms with Crippen LogP contribution in [0.15, 0.2) is 55.0 Å². The van der Waals surface area contributed by atoms with Gasteiger partial charge in [-0.25, -0.2) is 9.63 Å². The van der Waals surface area contributed by atoms with E-state index in [1.807, 2.05) is 42.4 Å². The lowest BCUT2D eigenvalue weighted by Gasteiger charge is -2.43. The van der Waals surface area contributed by atoms with E-state index in [9.17, 15) is 15.2 Å². The average molecular weight is 460 g/mol. The lowest BCUT2D eigenvalue weighted by atomic mass is 10.0. The van der Waals surface area contributed by atoms with E-state index >= 15 is 0 Å². The van der Waals surface area contributed by atoms with Crippen LogP contribution in [0.25, 0.3) is 22.0 Å². The third kappa shape index (κ3) is 4.45. The first kappa shape index (κ1) is 21.9. The summed E-state index contributed by atoms with van der Waals surface area (Å²) in [7, 11) is 3.45. The Hall–Kier alpha value is -3.89. The lowest BCUT2D eigenvalue weighted by molar-refractivity contribution is -0.861. The Morgan fingerprint density at radius 1 is 1.15 bits per heavy atom. The summed E-state index contributed by atoms with van der Waals surface area (Å²) in [4.78, 5) is 19.4. The molecule has 4 heterocycles. The number of benzene rings is 1. The van der Waals surface area contributed by atoms with Gasteiger partial charge in [0, 0.05) is 41.5 Å². The number of quaternary nitrogens is 1. The SMILES string of the molecule is Cn1cc(-c2ccc3cnc(CC(=O)c4cc[n+]([O-])c(N5CC[N+](C)([O-])CC5)c4)cc3c2)nn1. The Morgan fingerprint density at radius 2 is 1.94 bits per heavy atom. The number of likely N-dealkylation sites (N-methyl/N-ethyl adjacent to an activating group) is 1. The number of Topliss-reactive ketones (excluding diaryl/α,β-unsaturated/α-hetero) is 1. The minimum Gasteiger partial charge on any atom is -0.711 e. The summed E-state index contributed by atoms with van der Waals surface area (Å²) >= 11 is 0. The van der Waals surface area contributed by atoms with Crippen molar-refractivity contribution in [3.05, 3.63) is 76.7 Å². The third-order valence-electron chi connectivity index (χ3n) is 6.25. The van der Waals surface area contributed by atoms with Gasteiger partial charge in [-0.15, -0.1) is 5.10 Å². The molecule has 0 bridgehead atoms. The second kappa shape index (κ2) is 8.47. The zero-order valence-electron chi connectivity index (χ0n) is 19.1. The van der Waals surface area contributed by atoms with Crippen molar-refractivity contribution in [3.63, 3.8) is 0 Å². The molecule has 5 rings (SSSR count). The Bertz CT molecular complexity index is 1370. The average Bonchev–Trinajstić information content (AvgIpc) is 3.25. The van der Waals surface area contributed by atoms with Crippen molar-refractivity contribution < 1.29 is 14.2 Å². The van der Waals surface area contributed by atoms with Crippen molar-refractivity contribution in [1.82, 2.24) is 20.0 Å². The normalized spacial score (nSPS) is 15.6. The first-order valence-electron chi connectivity index (χ1n) is 11.1. The molecule has 1 aliphatic heterocycles. The second-order valence-electron chi connectivity index (χ2n) is 8.95. The number of aromatic nitrogens is 5. The molecule has 10 nitrogen and oxygen atoms in total. The molecule has 0 unspecified atom stereocenters.